The lowest BCUT2D eigenvalue weighted by atomic mass is 10.2. The second-order valence-electron chi connectivity index (χ2n) is 5.74. The summed E-state index contributed by atoms with van der Waals surface area (Å²) in [6.07, 6.45) is 0.986. The number of cyclic esters (lactones) is 1. The Morgan fingerprint density at radius 1 is 1.32 bits per heavy atom. The highest BCUT2D eigenvalue weighted by molar-refractivity contribution is 7.88. The Balaban J connectivity index is 1.93. The number of hydrogen-bond donors (Lipinski definition) is 1. The fourth-order valence-corrected chi connectivity index (χ4v) is 2.85. The molecule has 3 rings (SSSR count). The van der Waals surface area contributed by atoms with Crippen LogP contribution in [0, 0.1) is 0 Å². The van der Waals surface area contributed by atoms with E-state index in [1.165, 1.54) is 11.9 Å². The van der Waals surface area contributed by atoms with E-state index in [1.807, 2.05) is 0 Å². The molecule has 14 heteroatoms. The van der Waals surface area contributed by atoms with E-state index in [9.17, 15) is 31.2 Å². The molecule has 0 saturated carbocycles. The van der Waals surface area contributed by atoms with Crippen molar-refractivity contribution in [3.8, 4) is 11.5 Å². The number of nitrogens with zero attached hydrogens (tertiary/aromatic N) is 2. The predicted octanol–water partition coefficient (Wildman–Crippen LogP) is 0.981. The smallest absolute Gasteiger partial charge is 0.486 e. The van der Waals surface area contributed by atoms with Gasteiger partial charge in [-0.2, -0.15) is 21.6 Å². The van der Waals surface area contributed by atoms with Crippen LogP contribution in [0.15, 0.2) is 23.3 Å². The van der Waals surface area contributed by atoms with Gasteiger partial charge in [0.2, 0.25) is 0 Å². The molecule has 0 bridgehead atoms. The zero-order chi connectivity index (χ0) is 20.7. The molecule has 1 aliphatic heterocycles. The number of halogens is 3. The van der Waals surface area contributed by atoms with E-state index < -0.39 is 39.1 Å². The number of alkyl halides is 3. The first-order valence-electron chi connectivity index (χ1n) is 7.54. The largest absolute Gasteiger partial charge is 0.534 e. The maximum Gasteiger partial charge on any atom is 0.534 e. The molecule has 28 heavy (non-hydrogen) atoms. The molecule has 1 saturated heterocycles. The van der Waals surface area contributed by atoms with Crippen LogP contribution in [0.4, 0.5) is 18.0 Å². The molecule has 0 aliphatic carbocycles. The SMILES string of the molecule is CN1CC(COc2cncc3c(OS(=O)(=O)C(F)(F)F)cc(=O)[nH]c23)OC1=O. The van der Waals surface area contributed by atoms with Gasteiger partial charge in [-0.3, -0.25) is 9.78 Å². The van der Waals surface area contributed by atoms with E-state index in [0.29, 0.717) is 6.07 Å². The van der Waals surface area contributed by atoms with Crippen LogP contribution >= 0.6 is 0 Å². The number of H-pyrrole nitrogens is 1. The average Bonchev–Trinajstić information content (AvgIpc) is 2.89. The number of carbonyl (C=O) groups excluding carboxylic acids is 1. The van der Waals surface area contributed by atoms with E-state index in [2.05, 4.69) is 14.2 Å². The lowest BCUT2D eigenvalue weighted by Crippen LogP contribution is -2.28. The van der Waals surface area contributed by atoms with Gasteiger partial charge in [-0.25, -0.2) is 4.79 Å². The molecule has 1 atom stereocenters. The number of fused-ring (bicyclic) bond motifs is 1. The van der Waals surface area contributed by atoms with Gasteiger partial charge in [-0.1, -0.05) is 0 Å². The summed E-state index contributed by atoms with van der Waals surface area (Å²) in [7, 11) is -4.48. The lowest BCUT2D eigenvalue weighted by molar-refractivity contribution is -0.0499. The number of amides is 1. The van der Waals surface area contributed by atoms with Crippen LogP contribution in [0.1, 0.15) is 0 Å². The maximum absolute atomic E-state index is 12.6. The molecule has 0 radical (unpaired) electrons. The molecule has 0 aromatic carbocycles. The Labute approximate surface area is 154 Å². The van der Waals surface area contributed by atoms with E-state index in [4.69, 9.17) is 9.47 Å². The van der Waals surface area contributed by atoms with Gasteiger partial charge in [0.05, 0.1) is 23.6 Å². The van der Waals surface area contributed by atoms with Crippen molar-refractivity contribution in [2.24, 2.45) is 0 Å². The van der Waals surface area contributed by atoms with Gasteiger partial charge < -0.3 is 23.5 Å². The lowest BCUT2D eigenvalue weighted by Gasteiger charge is -2.14. The first-order valence-corrected chi connectivity index (χ1v) is 8.95. The monoisotopic (exact) mass is 423 g/mol. The average molecular weight is 423 g/mol. The minimum Gasteiger partial charge on any atom is -0.486 e. The number of nitrogens with one attached hydrogen (secondary N) is 1. The van der Waals surface area contributed by atoms with Crippen molar-refractivity contribution in [2.75, 3.05) is 20.2 Å². The van der Waals surface area contributed by atoms with Gasteiger partial charge in [0.15, 0.2) is 17.6 Å². The van der Waals surface area contributed by atoms with E-state index in [0.717, 1.165) is 12.4 Å². The zero-order valence-electron chi connectivity index (χ0n) is 14.0. The molecule has 2 aromatic rings. The minimum atomic E-state index is -5.99. The Morgan fingerprint density at radius 2 is 2.04 bits per heavy atom. The highest BCUT2D eigenvalue weighted by Crippen LogP contribution is 2.32. The van der Waals surface area contributed by atoms with Crippen molar-refractivity contribution < 1.29 is 40.0 Å². The predicted molar refractivity (Wildman–Crippen MR) is 86.4 cm³/mol. The molecule has 2 aromatic heterocycles. The Morgan fingerprint density at radius 3 is 2.64 bits per heavy atom. The molecule has 1 aliphatic rings. The van der Waals surface area contributed by atoms with Crippen LogP contribution in [0.2, 0.25) is 0 Å². The summed E-state index contributed by atoms with van der Waals surface area (Å²) < 4.78 is 74.7. The normalized spacial score (nSPS) is 17.6. The van der Waals surface area contributed by atoms with Gasteiger partial charge in [-0.05, 0) is 0 Å². The molecule has 3 heterocycles. The maximum atomic E-state index is 12.6. The Bertz CT molecular complexity index is 1080. The number of pyridine rings is 2. The van der Waals surface area contributed by atoms with Gasteiger partial charge >= 0.3 is 21.7 Å². The molecule has 0 spiro atoms. The molecular formula is C14H12F3N3O7S. The van der Waals surface area contributed by atoms with Crippen LogP contribution in [0.25, 0.3) is 10.9 Å². The second-order valence-corrected chi connectivity index (χ2v) is 7.28. The van der Waals surface area contributed by atoms with Gasteiger partial charge in [0, 0.05) is 19.3 Å². The van der Waals surface area contributed by atoms with Crippen LogP contribution in [-0.4, -0.2) is 61.2 Å². The second kappa shape index (κ2) is 6.85. The summed E-state index contributed by atoms with van der Waals surface area (Å²) >= 11 is 0. The van der Waals surface area contributed by atoms with Crippen LogP contribution in [-0.2, 0) is 14.9 Å². The van der Waals surface area contributed by atoms with Crippen molar-refractivity contribution in [1.82, 2.24) is 14.9 Å². The quantitative estimate of drug-likeness (QED) is 0.557. The standard InChI is InChI=1S/C14H12F3N3O7S/c1-20-5-7(26-13(20)22)6-25-10-4-18-3-8-9(2-11(21)19-12(8)10)27-28(23,24)14(15,16)17/h2-4,7H,5-6H2,1H3,(H,19,21). The number of aromatic amines is 1. The highest BCUT2D eigenvalue weighted by Gasteiger charge is 2.48. The number of aromatic nitrogens is 2. The number of ether oxygens (including phenoxy) is 2. The first-order chi connectivity index (χ1) is 13.0. The first kappa shape index (κ1) is 19.7. The number of hydrogen-bond acceptors (Lipinski definition) is 8. The van der Waals surface area contributed by atoms with E-state index >= 15 is 0 Å². The van der Waals surface area contributed by atoms with Crippen LogP contribution in [0.5, 0.6) is 11.5 Å². The van der Waals surface area contributed by atoms with E-state index in [1.54, 1.807) is 0 Å². The molecule has 10 nitrogen and oxygen atoms in total. The summed E-state index contributed by atoms with van der Waals surface area (Å²) in [4.78, 5) is 30.5. The molecule has 1 amide bonds. The van der Waals surface area contributed by atoms with Crippen molar-refractivity contribution >= 4 is 27.1 Å². The van der Waals surface area contributed by atoms with Crippen LogP contribution < -0.4 is 14.5 Å². The summed E-state index contributed by atoms with van der Waals surface area (Å²) in [5.41, 5.74) is -6.74. The number of likely N-dealkylation sites (N-methyl/N-ethyl adjacent to an activating group) is 1. The highest BCUT2D eigenvalue weighted by atomic mass is 32.2. The third-order valence-electron chi connectivity index (χ3n) is 3.65. The third kappa shape index (κ3) is 3.81. The summed E-state index contributed by atoms with van der Waals surface area (Å²) in [6, 6.07) is 0.546. The van der Waals surface area contributed by atoms with Crippen molar-refractivity contribution in [2.45, 2.75) is 11.6 Å². The molecular weight excluding hydrogens is 411 g/mol. The van der Waals surface area contributed by atoms with Crippen molar-refractivity contribution in [1.29, 1.82) is 0 Å². The number of carbonyl (C=O) groups is 1. The summed E-state index contributed by atoms with van der Waals surface area (Å²) in [6.45, 7) is 0.108. The summed E-state index contributed by atoms with van der Waals surface area (Å²) in [5, 5.41) is -0.231. The Kier molecular flexibility index (Phi) is 4.82. The molecule has 1 N–H and O–H groups in total. The minimum absolute atomic E-state index is 0.0740. The topological polar surface area (TPSA) is 128 Å². The number of rotatable bonds is 5. The van der Waals surface area contributed by atoms with Gasteiger partial charge in [0.25, 0.3) is 5.56 Å². The molecule has 1 fully saturated rings. The third-order valence-corrected chi connectivity index (χ3v) is 4.62. The molecule has 1 unspecified atom stereocenters. The van der Waals surface area contributed by atoms with Gasteiger partial charge in [-0.15, -0.1) is 0 Å². The Hall–Kier alpha value is -3.03. The van der Waals surface area contributed by atoms with E-state index in [-0.39, 0.29) is 29.8 Å². The van der Waals surface area contributed by atoms with Crippen molar-refractivity contribution in [3.63, 3.8) is 0 Å². The fourth-order valence-electron chi connectivity index (χ4n) is 2.38. The fraction of sp³-hybridized carbons (Fsp3) is 0.357. The van der Waals surface area contributed by atoms with Gasteiger partial charge in [0.1, 0.15) is 6.61 Å². The van der Waals surface area contributed by atoms with Crippen molar-refractivity contribution in [3.05, 3.63) is 28.8 Å². The summed E-state index contributed by atoms with van der Waals surface area (Å²) in [5.74, 6) is -0.934. The zero-order valence-corrected chi connectivity index (χ0v) is 14.8. The van der Waals surface area contributed by atoms with Crippen LogP contribution in [0.3, 0.4) is 0 Å². The molecule has 152 valence electrons.